The molecule has 0 radical (unpaired) electrons. The Morgan fingerprint density at radius 1 is 1.55 bits per heavy atom. The molecule has 6 heteroatoms. The summed E-state index contributed by atoms with van der Waals surface area (Å²) in [6.07, 6.45) is 6.39. The summed E-state index contributed by atoms with van der Waals surface area (Å²) in [5, 5.41) is 9.23. The number of nitrogens with zero attached hydrogens (tertiary/aromatic N) is 3. The van der Waals surface area contributed by atoms with Crippen LogP contribution in [0.3, 0.4) is 0 Å². The van der Waals surface area contributed by atoms with Crippen molar-refractivity contribution in [2.24, 2.45) is 13.0 Å². The topological polar surface area (TPSA) is 50.2 Å². The fraction of sp³-hybridized carbons (Fsp3) is 0.500. The molecule has 0 aliphatic carbocycles. The first-order chi connectivity index (χ1) is 10.7. The Morgan fingerprint density at radius 2 is 2.45 bits per heavy atom. The van der Waals surface area contributed by atoms with E-state index in [0.29, 0.717) is 5.92 Å². The second kappa shape index (κ2) is 7.07. The predicted molar refractivity (Wildman–Crippen MR) is 87.9 cm³/mol. The Bertz CT molecular complexity index is 607. The fourth-order valence-electron chi connectivity index (χ4n) is 3.01. The number of aromatic nitrogens is 2. The molecule has 1 aliphatic heterocycles. The van der Waals surface area contributed by atoms with E-state index in [1.54, 1.807) is 0 Å². The second-order valence-electron chi connectivity index (χ2n) is 5.95. The highest BCUT2D eigenvalue weighted by Crippen LogP contribution is 2.18. The quantitative estimate of drug-likeness (QED) is 0.919. The highest BCUT2D eigenvalue weighted by atomic mass is 32.1. The van der Waals surface area contributed by atoms with Gasteiger partial charge in [0, 0.05) is 38.4 Å². The standard InChI is InChI=1S/C16H22N4OS/c1-19-10-14(9-18-19)12-20-6-2-4-13(11-20)8-17-16(21)15-5-3-7-22-15/h3,5,7,9-10,13H,2,4,6,8,11-12H2,1H3,(H,17,21). The molecular weight excluding hydrogens is 296 g/mol. The van der Waals surface area contributed by atoms with Crippen LogP contribution in [0.1, 0.15) is 28.1 Å². The molecule has 1 saturated heterocycles. The van der Waals surface area contributed by atoms with Gasteiger partial charge in [-0.1, -0.05) is 6.07 Å². The lowest BCUT2D eigenvalue weighted by Crippen LogP contribution is -2.40. The van der Waals surface area contributed by atoms with Crippen LogP contribution in [0, 0.1) is 5.92 Å². The number of carbonyl (C=O) groups excluding carboxylic acids is 1. The van der Waals surface area contributed by atoms with Gasteiger partial charge in [0.15, 0.2) is 0 Å². The summed E-state index contributed by atoms with van der Waals surface area (Å²) >= 11 is 1.49. The van der Waals surface area contributed by atoms with Gasteiger partial charge in [-0.25, -0.2) is 0 Å². The minimum Gasteiger partial charge on any atom is -0.351 e. The van der Waals surface area contributed by atoms with Gasteiger partial charge >= 0.3 is 0 Å². The minimum absolute atomic E-state index is 0.0550. The van der Waals surface area contributed by atoms with E-state index >= 15 is 0 Å². The Kier molecular flexibility index (Phi) is 4.90. The van der Waals surface area contributed by atoms with Gasteiger partial charge in [0.25, 0.3) is 5.91 Å². The summed E-state index contributed by atoms with van der Waals surface area (Å²) in [5.41, 5.74) is 1.26. The molecule has 3 rings (SSSR count). The molecule has 1 atom stereocenters. The highest BCUT2D eigenvalue weighted by Gasteiger charge is 2.21. The molecule has 1 N–H and O–H groups in total. The van der Waals surface area contributed by atoms with E-state index in [0.717, 1.165) is 31.1 Å². The molecule has 0 saturated carbocycles. The molecule has 1 fully saturated rings. The Hall–Kier alpha value is -1.66. The van der Waals surface area contributed by atoms with Gasteiger partial charge in [0.1, 0.15) is 0 Å². The molecule has 22 heavy (non-hydrogen) atoms. The maximum Gasteiger partial charge on any atom is 0.261 e. The molecule has 1 unspecified atom stereocenters. The first kappa shape index (κ1) is 15.2. The molecule has 0 aromatic carbocycles. The minimum atomic E-state index is 0.0550. The SMILES string of the molecule is Cn1cc(CN2CCCC(CNC(=O)c3cccs3)C2)cn1. The number of piperidine rings is 1. The zero-order chi connectivity index (χ0) is 15.4. The lowest BCUT2D eigenvalue weighted by Gasteiger charge is -2.32. The number of carbonyl (C=O) groups is 1. The molecular formula is C16H22N4OS. The lowest BCUT2D eigenvalue weighted by molar-refractivity contribution is 0.0934. The van der Waals surface area contributed by atoms with Gasteiger partial charge in [-0.3, -0.25) is 14.4 Å². The summed E-state index contributed by atoms with van der Waals surface area (Å²) in [4.78, 5) is 15.3. The van der Waals surface area contributed by atoms with Crippen LogP contribution in [0.15, 0.2) is 29.9 Å². The van der Waals surface area contributed by atoms with E-state index < -0.39 is 0 Å². The van der Waals surface area contributed by atoms with Crippen LogP contribution in [-0.2, 0) is 13.6 Å². The van der Waals surface area contributed by atoms with E-state index in [1.165, 1.54) is 29.7 Å². The summed E-state index contributed by atoms with van der Waals surface area (Å²) in [5.74, 6) is 0.591. The molecule has 2 aromatic rings. The van der Waals surface area contributed by atoms with Crippen LogP contribution in [0.4, 0.5) is 0 Å². The predicted octanol–water partition coefficient (Wildman–Crippen LogP) is 2.12. The zero-order valence-electron chi connectivity index (χ0n) is 12.9. The average Bonchev–Trinajstić information content (AvgIpc) is 3.17. The zero-order valence-corrected chi connectivity index (χ0v) is 13.7. The van der Waals surface area contributed by atoms with Crippen LogP contribution in [0.5, 0.6) is 0 Å². The van der Waals surface area contributed by atoms with Crippen molar-refractivity contribution in [3.8, 4) is 0 Å². The highest BCUT2D eigenvalue weighted by molar-refractivity contribution is 7.12. The summed E-state index contributed by atoms with van der Waals surface area (Å²) in [6, 6.07) is 3.78. The molecule has 3 heterocycles. The Labute approximate surface area is 134 Å². The van der Waals surface area contributed by atoms with Gasteiger partial charge in [-0.15, -0.1) is 11.3 Å². The van der Waals surface area contributed by atoms with E-state index in [-0.39, 0.29) is 5.91 Å². The number of hydrogen-bond donors (Lipinski definition) is 1. The Morgan fingerprint density at radius 3 is 3.18 bits per heavy atom. The van der Waals surface area contributed by atoms with Crippen LogP contribution < -0.4 is 5.32 Å². The number of rotatable bonds is 5. The molecule has 5 nitrogen and oxygen atoms in total. The molecule has 0 spiro atoms. The van der Waals surface area contributed by atoms with Crippen molar-refractivity contribution < 1.29 is 4.79 Å². The lowest BCUT2D eigenvalue weighted by atomic mass is 9.97. The van der Waals surface area contributed by atoms with Gasteiger partial charge in [0.2, 0.25) is 0 Å². The van der Waals surface area contributed by atoms with Gasteiger partial charge < -0.3 is 5.32 Å². The normalized spacial score (nSPS) is 19.2. The first-order valence-corrected chi connectivity index (χ1v) is 8.60. The van der Waals surface area contributed by atoms with Crippen LogP contribution in [-0.4, -0.2) is 40.2 Å². The number of amides is 1. The van der Waals surface area contributed by atoms with Crippen molar-refractivity contribution in [3.05, 3.63) is 40.3 Å². The monoisotopic (exact) mass is 318 g/mol. The molecule has 0 bridgehead atoms. The molecule has 118 valence electrons. The second-order valence-corrected chi connectivity index (χ2v) is 6.90. The summed E-state index contributed by atoms with van der Waals surface area (Å²) in [6.45, 7) is 3.88. The van der Waals surface area contributed by atoms with E-state index in [1.807, 2.05) is 35.4 Å². The van der Waals surface area contributed by atoms with E-state index in [2.05, 4.69) is 21.5 Å². The first-order valence-electron chi connectivity index (χ1n) is 7.72. The third-order valence-electron chi connectivity index (χ3n) is 4.06. The van der Waals surface area contributed by atoms with Gasteiger partial charge in [0.05, 0.1) is 11.1 Å². The summed E-state index contributed by atoms with van der Waals surface area (Å²) in [7, 11) is 1.95. The molecule has 2 aromatic heterocycles. The number of likely N-dealkylation sites (tertiary alicyclic amines) is 1. The molecule has 1 aliphatic rings. The Balaban J connectivity index is 1.47. The maximum atomic E-state index is 12.0. The third kappa shape index (κ3) is 3.96. The fourth-order valence-corrected chi connectivity index (χ4v) is 3.65. The summed E-state index contributed by atoms with van der Waals surface area (Å²) < 4.78 is 1.85. The average molecular weight is 318 g/mol. The molecule has 1 amide bonds. The smallest absolute Gasteiger partial charge is 0.261 e. The van der Waals surface area contributed by atoms with Crippen LogP contribution >= 0.6 is 11.3 Å². The number of aryl methyl sites for hydroxylation is 1. The van der Waals surface area contributed by atoms with Crippen molar-refractivity contribution in [2.75, 3.05) is 19.6 Å². The van der Waals surface area contributed by atoms with Crippen molar-refractivity contribution >= 4 is 17.2 Å². The van der Waals surface area contributed by atoms with Crippen molar-refractivity contribution in [3.63, 3.8) is 0 Å². The number of thiophene rings is 1. The maximum absolute atomic E-state index is 12.0. The van der Waals surface area contributed by atoms with E-state index in [4.69, 9.17) is 0 Å². The number of nitrogens with one attached hydrogen (secondary N) is 1. The van der Waals surface area contributed by atoms with Gasteiger partial charge in [-0.2, -0.15) is 5.10 Å². The van der Waals surface area contributed by atoms with Crippen LogP contribution in [0.25, 0.3) is 0 Å². The van der Waals surface area contributed by atoms with Crippen molar-refractivity contribution in [1.82, 2.24) is 20.0 Å². The third-order valence-corrected chi connectivity index (χ3v) is 4.93. The van der Waals surface area contributed by atoms with Crippen LogP contribution in [0.2, 0.25) is 0 Å². The van der Waals surface area contributed by atoms with Crippen molar-refractivity contribution in [1.29, 1.82) is 0 Å². The van der Waals surface area contributed by atoms with Crippen molar-refractivity contribution in [2.45, 2.75) is 19.4 Å². The largest absolute Gasteiger partial charge is 0.351 e. The number of hydrogen-bond acceptors (Lipinski definition) is 4. The van der Waals surface area contributed by atoms with E-state index in [9.17, 15) is 4.79 Å². The van der Waals surface area contributed by atoms with Gasteiger partial charge in [-0.05, 0) is 36.8 Å².